The van der Waals surface area contributed by atoms with Gasteiger partial charge < -0.3 is 10.3 Å². The Kier molecular flexibility index (Phi) is 4.00. The highest BCUT2D eigenvalue weighted by Crippen LogP contribution is 2.29. The molecule has 2 aromatic heterocycles. The van der Waals surface area contributed by atoms with E-state index < -0.39 is 0 Å². The minimum absolute atomic E-state index is 0.00765. The van der Waals surface area contributed by atoms with E-state index in [1.54, 1.807) is 0 Å². The third kappa shape index (κ3) is 2.77. The van der Waals surface area contributed by atoms with Crippen molar-refractivity contribution in [3.05, 3.63) is 52.7 Å². The molecule has 0 radical (unpaired) electrons. The second-order valence-electron chi connectivity index (χ2n) is 5.79. The van der Waals surface area contributed by atoms with E-state index in [0.717, 1.165) is 28.1 Å². The maximum absolute atomic E-state index is 5.62. The van der Waals surface area contributed by atoms with Gasteiger partial charge in [-0.25, -0.2) is 0 Å². The zero-order valence-corrected chi connectivity index (χ0v) is 13.9. The molecule has 0 aliphatic carbocycles. The predicted octanol–water partition coefficient (Wildman–Crippen LogP) is 2.70. The summed E-state index contributed by atoms with van der Waals surface area (Å²) in [6.45, 7) is 6.64. The van der Waals surface area contributed by atoms with Gasteiger partial charge >= 0.3 is 0 Å². The standard InChI is InChI=1S/C17H21N5O/c1-10(15-11(2)20-22(4)12(15)3)17-19-16(21-23-17)14-7-5-13(9-18)6-8-14/h5-8,10H,9,18H2,1-4H3. The number of aromatic nitrogens is 4. The van der Waals surface area contributed by atoms with Crippen molar-refractivity contribution in [2.45, 2.75) is 33.2 Å². The lowest BCUT2D eigenvalue weighted by molar-refractivity contribution is 0.370. The molecule has 0 fully saturated rings. The van der Waals surface area contributed by atoms with Crippen LogP contribution >= 0.6 is 0 Å². The van der Waals surface area contributed by atoms with Gasteiger partial charge in [0.1, 0.15) is 0 Å². The molecule has 2 heterocycles. The third-order valence-corrected chi connectivity index (χ3v) is 4.26. The number of benzene rings is 1. The first-order chi connectivity index (χ1) is 11.0. The molecule has 1 aromatic carbocycles. The van der Waals surface area contributed by atoms with Crippen LogP contribution in [0.3, 0.4) is 0 Å². The molecule has 23 heavy (non-hydrogen) atoms. The van der Waals surface area contributed by atoms with Crippen molar-refractivity contribution in [3.8, 4) is 11.4 Å². The van der Waals surface area contributed by atoms with Crippen molar-refractivity contribution in [1.29, 1.82) is 0 Å². The Hall–Kier alpha value is -2.47. The molecule has 120 valence electrons. The van der Waals surface area contributed by atoms with E-state index in [0.29, 0.717) is 18.3 Å². The van der Waals surface area contributed by atoms with Gasteiger partial charge in [-0.3, -0.25) is 4.68 Å². The number of hydrogen-bond acceptors (Lipinski definition) is 5. The molecule has 0 aliphatic rings. The minimum Gasteiger partial charge on any atom is -0.338 e. The Morgan fingerprint density at radius 3 is 2.48 bits per heavy atom. The fraction of sp³-hybridized carbons (Fsp3) is 0.353. The Morgan fingerprint density at radius 2 is 1.91 bits per heavy atom. The molecule has 0 bridgehead atoms. The van der Waals surface area contributed by atoms with Crippen LogP contribution in [0.5, 0.6) is 0 Å². The summed E-state index contributed by atoms with van der Waals surface area (Å²) in [6, 6.07) is 7.87. The lowest BCUT2D eigenvalue weighted by Gasteiger charge is -2.07. The summed E-state index contributed by atoms with van der Waals surface area (Å²) in [6.07, 6.45) is 0. The van der Waals surface area contributed by atoms with E-state index in [1.807, 2.05) is 42.9 Å². The van der Waals surface area contributed by atoms with Crippen LogP contribution in [-0.4, -0.2) is 19.9 Å². The second-order valence-corrected chi connectivity index (χ2v) is 5.79. The molecular formula is C17H21N5O. The third-order valence-electron chi connectivity index (χ3n) is 4.26. The van der Waals surface area contributed by atoms with Crippen molar-refractivity contribution in [3.63, 3.8) is 0 Å². The van der Waals surface area contributed by atoms with Crippen LogP contribution in [0.15, 0.2) is 28.8 Å². The maximum Gasteiger partial charge on any atom is 0.234 e. The van der Waals surface area contributed by atoms with Gasteiger partial charge in [0, 0.05) is 30.4 Å². The second kappa shape index (κ2) is 5.96. The highest BCUT2D eigenvalue weighted by Gasteiger charge is 2.23. The number of nitrogens with zero attached hydrogens (tertiary/aromatic N) is 4. The van der Waals surface area contributed by atoms with E-state index in [9.17, 15) is 0 Å². The average Bonchev–Trinajstić information content (AvgIpc) is 3.13. The maximum atomic E-state index is 5.62. The van der Waals surface area contributed by atoms with Gasteiger partial charge in [-0.05, 0) is 26.3 Å². The molecule has 1 atom stereocenters. The van der Waals surface area contributed by atoms with Gasteiger partial charge in [-0.2, -0.15) is 10.1 Å². The highest BCUT2D eigenvalue weighted by molar-refractivity contribution is 5.54. The van der Waals surface area contributed by atoms with E-state index in [4.69, 9.17) is 10.3 Å². The van der Waals surface area contributed by atoms with Crippen LogP contribution in [0.2, 0.25) is 0 Å². The first kappa shape index (κ1) is 15.4. The summed E-state index contributed by atoms with van der Waals surface area (Å²) in [4.78, 5) is 4.56. The molecule has 0 saturated heterocycles. The minimum atomic E-state index is 0.00765. The molecule has 6 heteroatoms. The topological polar surface area (TPSA) is 82.8 Å². The summed E-state index contributed by atoms with van der Waals surface area (Å²) in [5, 5.41) is 8.57. The van der Waals surface area contributed by atoms with Crippen molar-refractivity contribution in [2.75, 3.05) is 0 Å². The summed E-state index contributed by atoms with van der Waals surface area (Å²) < 4.78 is 7.37. The molecule has 3 rings (SSSR count). The molecule has 0 spiro atoms. The summed E-state index contributed by atoms with van der Waals surface area (Å²) in [5.41, 5.74) is 10.9. The highest BCUT2D eigenvalue weighted by atomic mass is 16.5. The molecule has 2 N–H and O–H groups in total. The van der Waals surface area contributed by atoms with Gasteiger partial charge in [-0.15, -0.1) is 0 Å². The normalized spacial score (nSPS) is 12.6. The average molecular weight is 311 g/mol. The van der Waals surface area contributed by atoms with Gasteiger partial charge in [0.25, 0.3) is 0 Å². The lowest BCUT2D eigenvalue weighted by Crippen LogP contribution is -2.01. The van der Waals surface area contributed by atoms with Crippen LogP contribution in [-0.2, 0) is 13.6 Å². The molecular weight excluding hydrogens is 290 g/mol. The number of rotatable bonds is 4. The Balaban J connectivity index is 1.91. The van der Waals surface area contributed by atoms with E-state index in [2.05, 4.69) is 29.1 Å². The van der Waals surface area contributed by atoms with Gasteiger partial charge in [-0.1, -0.05) is 29.4 Å². The molecule has 1 unspecified atom stereocenters. The van der Waals surface area contributed by atoms with E-state index in [-0.39, 0.29) is 5.92 Å². The van der Waals surface area contributed by atoms with Crippen LogP contribution in [0.25, 0.3) is 11.4 Å². The Labute approximate surface area is 135 Å². The van der Waals surface area contributed by atoms with Crippen LogP contribution in [0.1, 0.15) is 41.2 Å². The number of hydrogen-bond donors (Lipinski definition) is 1. The van der Waals surface area contributed by atoms with E-state index in [1.165, 1.54) is 0 Å². The lowest BCUT2D eigenvalue weighted by atomic mass is 9.99. The van der Waals surface area contributed by atoms with Gasteiger partial charge in [0.15, 0.2) is 0 Å². The van der Waals surface area contributed by atoms with Crippen molar-refractivity contribution in [1.82, 2.24) is 19.9 Å². The Morgan fingerprint density at radius 1 is 1.22 bits per heavy atom. The van der Waals surface area contributed by atoms with Crippen molar-refractivity contribution >= 4 is 0 Å². The van der Waals surface area contributed by atoms with Crippen molar-refractivity contribution < 1.29 is 4.52 Å². The monoisotopic (exact) mass is 311 g/mol. The van der Waals surface area contributed by atoms with Crippen molar-refractivity contribution in [2.24, 2.45) is 12.8 Å². The number of nitrogens with two attached hydrogens (primary N) is 1. The molecule has 0 amide bonds. The first-order valence-corrected chi connectivity index (χ1v) is 7.64. The smallest absolute Gasteiger partial charge is 0.234 e. The summed E-state index contributed by atoms with van der Waals surface area (Å²) >= 11 is 0. The summed E-state index contributed by atoms with van der Waals surface area (Å²) in [7, 11) is 1.94. The van der Waals surface area contributed by atoms with Crippen LogP contribution in [0.4, 0.5) is 0 Å². The largest absolute Gasteiger partial charge is 0.338 e. The molecule has 3 aromatic rings. The van der Waals surface area contributed by atoms with Gasteiger partial charge in [0.2, 0.25) is 11.7 Å². The van der Waals surface area contributed by atoms with Crippen LogP contribution < -0.4 is 5.73 Å². The molecule has 0 aliphatic heterocycles. The zero-order chi connectivity index (χ0) is 16.6. The zero-order valence-electron chi connectivity index (χ0n) is 13.9. The SMILES string of the molecule is Cc1nn(C)c(C)c1C(C)c1nc(-c2ccc(CN)cc2)no1. The Bertz CT molecular complexity index is 816. The van der Waals surface area contributed by atoms with Gasteiger partial charge in [0.05, 0.1) is 11.6 Å². The number of aryl methyl sites for hydroxylation is 2. The predicted molar refractivity (Wildman–Crippen MR) is 87.8 cm³/mol. The fourth-order valence-electron chi connectivity index (χ4n) is 2.86. The fourth-order valence-corrected chi connectivity index (χ4v) is 2.86. The molecule has 6 nitrogen and oxygen atoms in total. The van der Waals surface area contributed by atoms with Crippen LogP contribution in [0, 0.1) is 13.8 Å². The first-order valence-electron chi connectivity index (χ1n) is 7.64. The van der Waals surface area contributed by atoms with E-state index >= 15 is 0 Å². The molecule has 0 saturated carbocycles. The summed E-state index contributed by atoms with van der Waals surface area (Å²) in [5.74, 6) is 1.20. The quantitative estimate of drug-likeness (QED) is 0.801.